The highest BCUT2D eigenvalue weighted by atomic mass is 19.1. The van der Waals surface area contributed by atoms with Gasteiger partial charge in [-0.3, -0.25) is 9.36 Å². The lowest BCUT2D eigenvalue weighted by Gasteiger charge is -2.10. The van der Waals surface area contributed by atoms with E-state index in [1.165, 1.54) is 17.8 Å². The smallest absolute Gasteiger partial charge is 0.326 e. The van der Waals surface area contributed by atoms with Gasteiger partial charge in [-0.1, -0.05) is 0 Å². The fraction of sp³-hybridized carbons (Fsp3) is 0.158. The summed E-state index contributed by atoms with van der Waals surface area (Å²) in [6.07, 6.45) is 1.46. The zero-order chi connectivity index (χ0) is 20.0. The average Bonchev–Trinajstić information content (AvgIpc) is 2.99. The number of imidazole rings is 1. The van der Waals surface area contributed by atoms with Gasteiger partial charge in [0.25, 0.3) is 5.91 Å². The highest BCUT2D eigenvalue weighted by molar-refractivity contribution is 6.00. The molecule has 0 spiro atoms. The maximum absolute atomic E-state index is 14.5. The van der Waals surface area contributed by atoms with E-state index >= 15 is 0 Å². The molecule has 0 radical (unpaired) electrons. The third-order valence-corrected chi connectivity index (χ3v) is 4.54. The Morgan fingerprint density at radius 2 is 1.96 bits per heavy atom. The van der Waals surface area contributed by atoms with Crippen molar-refractivity contribution < 1.29 is 13.6 Å². The molecule has 0 aliphatic rings. The number of pyridine rings is 2. The van der Waals surface area contributed by atoms with Gasteiger partial charge in [0.05, 0.1) is 23.8 Å². The maximum Gasteiger partial charge on any atom is 0.326 e. The molecular formula is C19H15F2N5O2. The number of hydrogen-bond donors (Lipinski definition) is 2. The van der Waals surface area contributed by atoms with Crippen molar-refractivity contribution >= 4 is 28.0 Å². The molecule has 4 rings (SSSR count). The van der Waals surface area contributed by atoms with Crippen molar-refractivity contribution in [3.8, 4) is 0 Å². The molecule has 1 aromatic carbocycles. The third kappa shape index (κ3) is 2.81. The van der Waals surface area contributed by atoms with Gasteiger partial charge in [0.1, 0.15) is 11.6 Å². The summed E-state index contributed by atoms with van der Waals surface area (Å²) < 4.78 is 30.3. The number of nitrogens with one attached hydrogen (secondary N) is 2. The van der Waals surface area contributed by atoms with E-state index in [1.54, 1.807) is 12.1 Å². The number of carbonyl (C=O) groups excluding carboxylic acids is 1. The number of aromatic nitrogens is 4. The van der Waals surface area contributed by atoms with E-state index in [0.29, 0.717) is 22.1 Å². The van der Waals surface area contributed by atoms with Crippen LogP contribution < -0.4 is 11.0 Å². The number of H-pyrrole nitrogens is 1. The first kappa shape index (κ1) is 17.8. The summed E-state index contributed by atoms with van der Waals surface area (Å²) in [6, 6.07) is 5.42. The van der Waals surface area contributed by atoms with E-state index < -0.39 is 23.2 Å². The molecule has 3 aromatic heterocycles. The third-order valence-electron chi connectivity index (χ3n) is 4.54. The topological polar surface area (TPSA) is 92.7 Å². The van der Waals surface area contributed by atoms with Crippen LogP contribution in [0, 0.1) is 18.6 Å². The maximum atomic E-state index is 14.5. The van der Waals surface area contributed by atoms with Crippen molar-refractivity contribution in [3.63, 3.8) is 0 Å². The summed E-state index contributed by atoms with van der Waals surface area (Å²) in [4.78, 5) is 35.3. The second-order valence-corrected chi connectivity index (χ2v) is 6.36. The fourth-order valence-corrected chi connectivity index (χ4v) is 3.16. The van der Waals surface area contributed by atoms with Gasteiger partial charge in [-0.2, -0.15) is 0 Å². The number of fused-ring (bicyclic) bond motifs is 3. The van der Waals surface area contributed by atoms with Crippen LogP contribution in [-0.2, 0) is 6.54 Å². The summed E-state index contributed by atoms with van der Waals surface area (Å²) in [5.74, 6) is -2.42. The molecule has 0 aliphatic carbocycles. The summed E-state index contributed by atoms with van der Waals surface area (Å²) in [6.45, 7) is 1.46. The first-order valence-electron chi connectivity index (χ1n) is 8.44. The molecule has 2 N–H and O–H groups in total. The van der Waals surface area contributed by atoms with Crippen LogP contribution in [0.5, 0.6) is 0 Å². The van der Waals surface area contributed by atoms with Gasteiger partial charge in [-0.05, 0) is 31.2 Å². The lowest BCUT2D eigenvalue weighted by atomic mass is 10.1. The first-order chi connectivity index (χ1) is 13.4. The molecule has 142 valence electrons. The Balaban J connectivity index is 1.90. The second kappa shape index (κ2) is 6.52. The Morgan fingerprint density at radius 1 is 1.25 bits per heavy atom. The van der Waals surface area contributed by atoms with Gasteiger partial charge in [0.15, 0.2) is 5.65 Å². The monoisotopic (exact) mass is 383 g/mol. The lowest BCUT2D eigenvalue weighted by Crippen LogP contribution is -2.21. The quantitative estimate of drug-likeness (QED) is 0.568. The van der Waals surface area contributed by atoms with Crippen LogP contribution in [0.15, 0.2) is 35.3 Å². The van der Waals surface area contributed by atoms with Crippen molar-refractivity contribution in [1.29, 1.82) is 0 Å². The highest BCUT2D eigenvalue weighted by Gasteiger charge is 2.18. The predicted molar refractivity (Wildman–Crippen MR) is 99.2 cm³/mol. The molecule has 0 atom stereocenters. The molecule has 7 nitrogen and oxygen atoms in total. The molecule has 0 unspecified atom stereocenters. The molecule has 0 fully saturated rings. The van der Waals surface area contributed by atoms with E-state index in [0.717, 1.165) is 17.8 Å². The number of nitrogens with zero attached hydrogens (tertiary/aromatic N) is 3. The van der Waals surface area contributed by atoms with Crippen LogP contribution in [0.1, 0.15) is 21.6 Å². The number of rotatable bonds is 3. The van der Waals surface area contributed by atoms with Gasteiger partial charge >= 0.3 is 5.69 Å². The molecule has 28 heavy (non-hydrogen) atoms. The normalized spacial score (nSPS) is 11.3. The predicted octanol–water partition coefficient (Wildman–Crippen LogP) is 2.27. The number of aryl methyl sites for hydroxylation is 1. The zero-order valence-electron chi connectivity index (χ0n) is 15.0. The summed E-state index contributed by atoms with van der Waals surface area (Å²) in [5.41, 5.74) is 1.09. The Labute approximate surface area is 157 Å². The second-order valence-electron chi connectivity index (χ2n) is 6.36. The van der Waals surface area contributed by atoms with Crippen LogP contribution in [0.4, 0.5) is 8.78 Å². The number of amides is 1. The zero-order valence-corrected chi connectivity index (χ0v) is 15.0. The van der Waals surface area contributed by atoms with E-state index in [4.69, 9.17) is 0 Å². The van der Waals surface area contributed by atoms with Crippen LogP contribution >= 0.6 is 0 Å². The molecule has 0 saturated heterocycles. The van der Waals surface area contributed by atoms with Crippen LogP contribution in [0.25, 0.3) is 22.1 Å². The van der Waals surface area contributed by atoms with Gasteiger partial charge < -0.3 is 10.3 Å². The van der Waals surface area contributed by atoms with Crippen molar-refractivity contribution in [3.05, 3.63) is 69.4 Å². The number of benzene rings is 1. The minimum absolute atomic E-state index is 0.137. The van der Waals surface area contributed by atoms with E-state index in [-0.39, 0.29) is 17.7 Å². The van der Waals surface area contributed by atoms with Gasteiger partial charge in [0.2, 0.25) is 0 Å². The molecule has 4 aromatic rings. The van der Waals surface area contributed by atoms with Gasteiger partial charge in [-0.15, -0.1) is 0 Å². The van der Waals surface area contributed by atoms with Crippen molar-refractivity contribution in [1.82, 2.24) is 24.8 Å². The average molecular weight is 383 g/mol. The molecule has 1 amide bonds. The highest BCUT2D eigenvalue weighted by Crippen LogP contribution is 2.23. The van der Waals surface area contributed by atoms with Crippen molar-refractivity contribution in [2.75, 3.05) is 7.05 Å². The lowest BCUT2D eigenvalue weighted by molar-refractivity contribution is 0.0962. The number of carbonyl (C=O) groups is 1. The van der Waals surface area contributed by atoms with E-state index in [1.807, 2.05) is 6.92 Å². The standard InChI is InChI=1S/C19H15F2N5O2/c1-9-3-4-11-16-15(7-23-17(11)24-9)25-19(28)26(16)8-12-13(20)5-10(6-14(12)21)18(27)22-2/h3-7H,8H2,1-2H3,(H,22,27)(H,25,28). The molecule has 3 heterocycles. The summed E-state index contributed by atoms with van der Waals surface area (Å²) in [7, 11) is 1.37. The van der Waals surface area contributed by atoms with Crippen LogP contribution in [-0.4, -0.2) is 32.5 Å². The minimum atomic E-state index is -0.910. The summed E-state index contributed by atoms with van der Waals surface area (Å²) in [5, 5.41) is 2.90. The van der Waals surface area contributed by atoms with E-state index in [9.17, 15) is 18.4 Å². The molecule has 9 heteroatoms. The first-order valence-corrected chi connectivity index (χ1v) is 8.44. The molecular weight excluding hydrogens is 368 g/mol. The van der Waals surface area contributed by atoms with Crippen LogP contribution in [0.2, 0.25) is 0 Å². The molecule has 0 bridgehead atoms. The molecule has 0 aliphatic heterocycles. The van der Waals surface area contributed by atoms with Crippen LogP contribution in [0.3, 0.4) is 0 Å². The van der Waals surface area contributed by atoms with Crippen molar-refractivity contribution in [2.24, 2.45) is 0 Å². The Bertz CT molecular complexity index is 1290. The minimum Gasteiger partial charge on any atom is -0.355 e. The number of hydrogen-bond acceptors (Lipinski definition) is 4. The van der Waals surface area contributed by atoms with Gasteiger partial charge in [0, 0.05) is 29.3 Å². The van der Waals surface area contributed by atoms with Gasteiger partial charge in [-0.25, -0.2) is 23.5 Å². The number of aromatic amines is 1. The Morgan fingerprint density at radius 3 is 2.64 bits per heavy atom. The Kier molecular flexibility index (Phi) is 4.14. The van der Waals surface area contributed by atoms with E-state index in [2.05, 4.69) is 20.3 Å². The fourth-order valence-electron chi connectivity index (χ4n) is 3.16. The largest absolute Gasteiger partial charge is 0.355 e. The SMILES string of the molecule is CNC(=O)c1cc(F)c(Cn2c(=O)[nH]c3cnc4nc(C)ccc4c32)c(F)c1. The Hall–Kier alpha value is -3.62. The number of halogens is 2. The summed E-state index contributed by atoms with van der Waals surface area (Å²) >= 11 is 0. The van der Waals surface area contributed by atoms with Crippen molar-refractivity contribution in [2.45, 2.75) is 13.5 Å². The molecule has 0 saturated carbocycles.